The first-order valence-electron chi connectivity index (χ1n) is 17.8. The molecular formula is C37H50N8O8. The van der Waals surface area contributed by atoms with Crippen molar-refractivity contribution in [3.8, 4) is 0 Å². The van der Waals surface area contributed by atoms with Crippen molar-refractivity contribution in [3.05, 3.63) is 95.6 Å². The summed E-state index contributed by atoms with van der Waals surface area (Å²) in [7, 11) is 0. The Labute approximate surface area is 315 Å². The maximum atomic E-state index is 11.5. The molecule has 4 aromatic rings. The van der Waals surface area contributed by atoms with Gasteiger partial charge in [0.2, 0.25) is 5.91 Å². The molecule has 0 atom stereocenters. The molecule has 286 valence electrons. The monoisotopic (exact) mass is 738 g/mol. The molecule has 16 heteroatoms. The van der Waals surface area contributed by atoms with Gasteiger partial charge in [-0.1, -0.05) is 6.92 Å². The van der Waals surface area contributed by atoms with E-state index in [0.29, 0.717) is 11.4 Å². The number of carbonyl (C=O) groups is 4. The predicted octanol–water partition coefficient (Wildman–Crippen LogP) is 6.62. The number of rotatable bonds is 6. The van der Waals surface area contributed by atoms with Gasteiger partial charge in [-0.05, 0) is 120 Å². The number of pyridine rings is 4. The van der Waals surface area contributed by atoms with Crippen LogP contribution in [0, 0.1) is 6.92 Å². The van der Waals surface area contributed by atoms with Gasteiger partial charge in [-0.15, -0.1) is 0 Å². The van der Waals surface area contributed by atoms with Gasteiger partial charge in [0.1, 0.15) is 34.5 Å². The van der Waals surface area contributed by atoms with Crippen LogP contribution in [-0.4, -0.2) is 65.4 Å². The van der Waals surface area contributed by atoms with E-state index in [2.05, 4.69) is 35.9 Å². The number of aromatic carboxylic acids is 1. The Hall–Kier alpha value is -6.16. The number of nitrogens with zero attached hydrogens (tertiary/aromatic N) is 4. The molecule has 0 aliphatic rings. The van der Waals surface area contributed by atoms with E-state index in [0.717, 1.165) is 5.56 Å². The Morgan fingerprint density at radius 2 is 1.19 bits per heavy atom. The molecule has 0 fully saturated rings. The second kappa shape index (κ2) is 21.9. The van der Waals surface area contributed by atoms with Gasteiger partial charge in [-0.25, -0.2) is 34.3 Å². The summed E-state index contributed by atoms with van der Waals surface area (Å²) in [6.07, 6.45) is 2.99. The highest BCUT2D eigenvalue weighted by molar-refractivity contribution is 5.91. The Bertz CT molecular complexity index is 1860. The topological polar surface area (TPSA) is 241 Å². The highest BCUT2D eigenvalue weighted by atomic mass is 16.6. The molecule has 4 heterocycles. The lowest BCUT2D eigenvalue weighted by Crippen LogP contribution is -2.27. The van der Waals surface area contributed by atoms with Crippen molar-refractivity contribution in [1.29, 1.82) is 0 Å². The fraction of sp³-hybridized carbons (Fsp3) is 0.351. The summed E-state index contributed by atoms with van der Waals surface area (Å²) in [5, 5.41) is 25.0. The Morgan fingerprint density at radius 1 is 0.736 bits per heavy atom. The number of nitrogen functional groups attached to an aromatic ring is 1. The van der Waals surface area contributed by atoms with Crippen molar-refractivity contribution in [2.75, 3.05) is 21.7 Å². The van der Waals surface area contributed by atoms with E-state index in [1.54, 1.807) is 53.8 Å². The number of amides is 3. The summed E-state index contributed by atoms with van der Waals surface area (Å²) >= 11 is 0. The lowest BCUT2D eigenvalue weighted by Gasteiger charge is -2.19. The number of carbonyl (C=O) groups excluding carboxylic acids is 3. The minimum Gasteiger partial charge on any atom is -0.478 e. The number of anilines is 4. The standard InChI is InChI=1S/C12H18N2O2.C11H16N2O3.C8H8N2O3.C6H8N2/c1-5-9-6-7-13-10(8-9)14-11(15)16-12(2,3)4;1-11(2,3)16-10(15)13-9-6-8(7-14)4-5-12-9;1-5(11)10-7-4-6(8(12)13)2-3-9-7;1-5-2-3-8-6(7)4-5/h6-8H,5H2,1-4H3,(H,13,14,15);4-6,14H,7H2,1-3H3,(H,12,13,15);2-4H,1H3,(H,12,13)(H,9,10,11);2-4H,1H3,(H2,7,8)/i5D2;7D2;;. The number of nitrogens with one attached hydrogen (secondary N) is 3. The van der Waals surface area contributed by atoms with Crippen molar-refractivity contribution in [3.63, 3.8) is 0 Å². The molecule has 0 unspecified atom stereocenters. The van der Waals surface area contributed by atoms with E-state index >= 15 is 0 Å². The van der Waals surface area contributed by atoms with Gasteiger partial charge in [0.05, 0.1) is 14.9 Å². The largest absolute Gasteiger partial charge is 0.478 e. The lowest BCUT2D eigenvalue weighted by molar-refractivity contribution is -0.114. The minimum absolute atomic E-state index is 0.00330. The van der Waals surface area contributed by atoms with Gasteiger partial charge in [0.15, 0.2) is 0 Å². The molecule has 4 rings (SSSR count). The second-order valence-corrected chi connectivity index (χ2v) is 12.6. The molecule has 16 nitrogen and oxygen atoms in total. The first-order valence-corrected chi connectivity index (χ1v) is 15.8. The average Bonchev–Trinajstić information content (AvgIpc) is 3.03. The molecule has 0 spiro atoms. The van der Waals surface area contributed by atoms with Crippen molar-refractivity contribution in [2.45, 2.75) is 86.4 Å². The van der Waals surface area contributed by atoms with E-state index in [1.807, 2.05) is 19.1 Å². The second-order valence-electron chi connectivity index (χ2n) is 12.6. The normalized spacial score (nSPS) is 12.0. The van der Waals surface area contributed by atoms with E-state index in [9.17, 15) is 24.3 Å². The minimum atomic E-state index is -2.48. The van der Waals surface area contributed by atoms with Gasteiger partial charge >= 0.3 is 18.2 Å². The van der Waals surface area contributed by atoms with Crippen LogP contribution >= 0.6 is 0 Å². The Kier molecular flexibility index (Phi) is 15.8. The Balaban J connectivity index is 0.000000394. The first kappa shape index (κ1) is 38.1. The van der Waals surface area contributed by atoms with E-state index in [1.165, 1.54) is 62.8 Å². The van der Waals surface area contributed by atoms with Gasteiger partial charge < -0.3 is 30.7 Å². The van der Waals surface area contributed by atoms with Crippen molar-refractivity contribution in [1.82, 2.24) is 19.9 Å². The van der Waals surface area contributed by atoms with Crippen LogP contribution in [0.2, 0.25) is 0 Å². The molecule has 0 radical (unpaired) electrons. The molecular weight excluding hydrogens is 684 g/mol. The van der Waals surface area contributed by atoms with Crippen LogP contribution in [0.15, 0.2) is 73.3 Å². The van der Waals surface area contributed by atoms with Crippen LogP contribution in [-0.2, 0) is 27.2 Å². The number of ether oxygens (including phenoxy) is 2. The summed E-state index contributed by atoms with van der Waals surface area (Å²) in [5.74, 6) is -0.117. The van der Waals surface area contributed by atoms with Gasteiger partial charge in [-0.3, -0.25) is 15.4 Å². The number of aromatic nitrogens is 4. The maximum absolute atomic E-state index is 11.5. The van der Waals surface area contributed by atoms with Crippen LogP contribution in [0.4, 0.5) is 32.9 Å². The molecule has 0 aliphatic carbocycles. The summed E-state index contributed by atoms with van der Waals surface area (Å²) in [5.41, 5.74) is 5.83. The van der Waals surface area contributed by atoms with Crippen LogP contribution < -0.4 is 21.7 Å². The third kappa shape index (κ3) is 21.6. The number of hydrogen-bond acceptors (Lipinski definition) is 12. The number of carboxylic acids is 1. The zero-order valence-corrected chi connectivity index (χ0v) is 31.1. The van der Waals surface area contributed by atoms with Gasteiger partial charge in [0, 0.05) is 34.5 Å². The molecule has 53 heavy (non-hydrogen) atoms. The SMILES string of the molecule is CC(=O)Nc1cc(C(=O)O)ccn1.Cc1ccnc(N)c1.[2H]C([2H])(C)c1ccnc(NC(=O)OC(C)(C)C)c1.[2H]C([2H])(O)c1ccnc(NC(=O)OC(C)(C)C)c1. The van der Waals surface area contributed by atoms with Gasteiger partial charge in [-0.2, -0.15) is 0 Å². The zero-order chi connectivity index (χ0) is 43.8. The smallest absolute Gasteiger partial charge is 0.413 e. The van der Waals surface area contributed by atoms with E-state index in [4.69, 9.17) is 25.8 Å². The molecule has 0 saturated carbocycles. The molecule has 3 amide bonds. The summed E-state index contributed by atoms with van der Waals surface area (Å²) < 4.78 is 39.6. The first-order chi connectivity index (χ1) is 26.0. The molecule has 4 aromatic heterocycles. The molecule has 0 aliphatic heterocycles. The quantitative estimate of drug-likeness (QED) is 0.122. The van der Waals surface area contributed by atoms with Crippen molar-refractivity contribution >= 4 is 47.3 Å². The predicted molar refractivity (Wildman–Crippen MR) is 202 cm³/mol. The summed E-state index contributed by atoms with van der Waals surface area (Å²) in [4.78, 5) is 59.4. The number of hydrogen-bond donors (Lipinski definition) is 6. The average molecular weight is 739 g/mol. The van der Waals surface area contributed by atoms with Crippen LogP contribution in [0.3, 0.4) is 0 Å². The Morgan fingerprint density at radius 3 is 1.58 bits per heavy atom. The maximum Gasteiger partial charge on any atom is 0.413 e. The highest BCUT2D eigenvalue weighted by Crippen LogP contribution is 2.13. The summed E-state index contributed by atoms with van der Waals surface area (Å²) in [6, 6.07) is 12.0. The molecule has 0 bridgehead atoms. The fourth-order valence-corrected chi connectivity index (χ4v) is 3.41. The number of nitrogens with two attached hydrogens (primary N) is 1. The van der Waals surface area contributed by atoms with Crippen LogP contribution in [0.1, 0.15) is 87.9 Å². The lowest BCUT2D eigenvalue weighted by atomic mass is 10.2. The number of aliphatic hydroxyl groups is 1. The third-order valence-corrected chi connectivity index (χ3v) is 5.44. The third-order valence-electron chi connectivity index (χ3n) is 5.44. The fourth-order valence-electron chi connectivity index (χ4n) is 3.41. The van der Waals surface area contributed by atoms with Crippen molar-refractivity contribution in [2.24, 2.45) is 0 Å². The summed E-state index contributed by atoms with van der Waals surface area (Å²) in [6.45, 7) is 12.7. The van der Waals surface area contributed by atoms with Crippen molar-refractivity contribution < 1.29 is 44.3 Å². The molecule has 0 saturated heterocycles. The van der Waals surface area contributed by atoms with Gasteiger partial charge in [0.25, 0.3) is 0 Å². The number of aryl methyl sites for hydroxylation is 2. The zero-order valence-electron chi connectivity index (χ0n) is 35.1. The van der Waals surface area contributed by atoms with Crippen LogP contribution in [0.25, 0.3) is 0 Å². The number of carboxylic acid groups (broad SMARTS) is 1. The molecule has 7 N–H and O–H groups in total. The van der Waals surface area contributed by atoms with Crippen LogP contribution in [0.5, 0.6) is 0 Å². The highest BCUT2D eigenvalue weighted by Gasteiger charge is 2.17. The van der Waals surface area contributed by atoms with E-state index < -0.39 is 42.3 Å². The molecule has 0 aromatic carbocycles. The van der Waals surface area contributed by atoms with E-state index in [-0.39, 0.29) is 34.5 Å².